The van der Waals surface area contributed by atoms with Crippen molar-refractivity contribution < 1.29 is 9.47 Å². The summed E-state index contributed by atoms with van der Waals surface area (Å²) in [5, 5.41) is 3.21. The van der Waals surface area contributed by atoms with Gasteiger partial charge < -0.3 is 14.8 Å². The van der Waals surface area contributed by atoms with Gasteiger partial charge in [-0.3, -0.25) is 4.98 Å². The van der Waals surface area contributed by atoms with Crippen LogP contribution in [0.5, 0.6) is 11.5 Å². The maximum atomic E-state index is 5.25. The van der Waals surface area contributed by atoms with E-state index in [-0.39, 0.29) is 0 Å². The number of nitrogens with zero attached hydrogens (tertiary/aromatic N) is 2. The summed E-state index contributed by atoms with van der Waals surface area (Å²) in [6, 6.07) is 13.3. The van der Waals surface area contributed by atoms with E-state index in [4.69, 9.17) is 9.47 Å². The van der Waals surface area contributed by atoms with E-state index in [1.165, 1.54) is 0 Å². The molecule has 0 aliphatic rings. The van der Waals surface area contributed by atoms with Gasteiger partial charge in [0.25, 0.3) is 0 Å². The Labute approximate surface area is 122 Å². The molecule has 2 aromatic carbocycles. The molecule has 0 saturated carbocycles. The number of nitrogens with one attached hydrogen (secondary N) is 1. The molecule has 0 unspecified atom stereocenters. The van der Waals surface area contributed by atoms with Crippen molar-refractivity contribution in [3.63, 3.8) is 0 Å². The first kappa shape index (κ1) is 13.2. The summed E-state index contributed by atoms with van der Waals surface area (Å²) >= 11 is 0. The number of ether oxygens (including phenoxy) is 2. The van der Waals surface area contributed by atoms with Crippen molar-refractivity contribution in [1.82, 2.24) is 9.97 Å². The van der Waals surface area contributed by atoms with Gasteiger partial charge in [0.1, 0.15) is 17.3 Å². The lowest BCUT2D eigenvalue weighted by Crippen LogP contribution is -1.97. The third-order valence-electron chi connectivity index (χ3n) is 3.07. The van der Waals surface area contributed by atoms with Gasteiger partial charge in [-0.15, -0.1) is 0 Å². The molecule has 1 aromatic heterocycles. The molecule has 0 bridgehead atoms. The summed E-state index contributed by atoms with van der Waals surface area (Å²) in [6.45, 7) is 0. The molecule has 0 radical (unpaired) electrons. The summed E-state index contributed by atoms with van der Waals surface area (Å²) in [6.07, 6.45) is 1.70. The molecule has 21 heavy (non-hydrogen) atoms. The van der Waals surface area contributed by atoms with Crippen molar-refractivity contribution in [2.75, 3.05) is 19.5 Å². The number of hydrogen-bond donors (Lipinski definition) is 1. The molecule has 3 rings (SSSR count). The first-order valence-electron chi connectivity index (χ1n) is 6.50. The van der Waals surface area contributed by atoms with Crippen LogP contribution in [-0.2, 0) is 0 Å². The Morgan fingerprint density at radius 1 is 0.905 bits per heavy atom. The molecular formula is C16H15N3O2. The summed E-state index contributed by atoms with van der Waals surface area (Å²) in [5.74, 6) is 2.10. The molecule has 0 amide bonds. The Morgan fingerprint density at radius 2 is 1.57 bits per heavy atom. The Hall–Kier alpha value is -2.82. The van der Waals surface area contributed by atoms with Crippen molar-refractivity contribution in [2.45, 2.75) is 0 Å². The first-order chi connectivity index (χ1) is 10.3. The second-order valence-corrected chi connectivity index (χ2v) is 4.47. The maximum absolute atomic E-state index is 5.25. The zero-order chi connectivity index (χ0) is 14.7. The number of rotatable bonds is 4. The number of aromatic nitrogens is 2. The van der Waals surface area contributed by atoms with Crippen LogP contribution in [0.3, 0.4) is 0 Å². The Kier molecular flexibility index (Phi) is 3.55. The van der Waals surface area contributed by atoms with Crippen molar-refractivity contribution in [2.24, 2.45) is 0 Å². The summed E-state index contributed by atoms with van der Waals surface area (Å²) in [7, 11) is 3.24. The van der Waals surface area contributed by atoms with E-state index >= 15 is 0 Å². The van der Waals surface area contributed by atoms with Crippen LogP contribution in [0.15, 0.2) is 48.7 Å². The molecule has 0 aliphatic heterocycles. The van der Waals surface area contributed by atoms with E-state index in [0.29, 0.717) is 17.3 Å². The smallest absolute Gasteiger partial charge is 0.149 e. The fraction of sp³-hybridized carbons (Fsp3) is 0.125. The van der Waals surface area contributed by atoms with Gasteiger partial charge in [0.2, 0.25) is 0 Å². The quantitative estimate of drug-likeness (QED) is 0.794. The Morgan fingerprint density at radius 3 is 2.24 bits per heavy atom. The lowest BCUT2D eigenvalue weighted by molar-refractivity contribution is 0.395. The highest BCUT2D eigenvalue weighted by molar-refractivity contribution is 5.76. The predicted molar refractivity (Wildman–Crippen MR) is 82.4 cm³/mol. The SMILES string of the molecule is COc1cc(Nc2cnc3ccccc3n2)cc(OC)c1. The van der Waals surface area contributed by atoms with Gasteiger partial charge in [0, 0.05) is 23.9 Å². The van der Waals surface area contributed by atoms with E-state index in [1.807, 2.05) is 42.5 Å². The third-order valence-corrected chi connectivity index (χ3v) is 3.07. The highest BCUT2D eigenvalue weighted by Gasteiger charge is 2.04. The highest BCUT2D eigenvalue weighted by atomic mass is 16.5. The molecule has 0 spiro atoms. The molecule has 5 heteroatoms. The number of methoxy groups -OCH3 is 2. The summed E-state index contributed by atoms with van der Waals surface area (Å²) in [4.78, 5) is 8.90. The molecule has 1 N–H and O–H groups in total. The molecule has 0 aliphatic carbocycles. The number of anilines is 2. The van der Waals surface area contributed by atoms with E-state index < -0.39 is 0 Å². The largest absolute Gasteiger partial charge is 0.497 e. The number of hydrogen-bond acceptors (Lipinski definition) is 5. The highest BCUT2D eigenvalue weighted by Crippen LogP contribution is 2.27. The summed E-state index contributed by atoms with van der Waals surface area (Å²) < 4.78 is 10.5. The molecule has 0 saturated heterocycles. The van der Waals surface area contributed by atoms with Crippen molar-refractivity contribution >= 4 is 22.5 Å². The van der Waals surface area contributed by atoms with Gasteiger partial charge in [0.15, 0.2) is 0 Å². The van der Waals surface area contributed by atoms with Gasteiger partial charge in [0.05, 0.1) is 31.4 Å². The molecule has 5 nitrogen and oxygen atoms in total. The second-order valence-electron chi connectivity index (χ2n) is 4.47. The van der Waals surface area contributed by atoms with E-state index in [9.17, 15) is 0 Å². The monoisotopic (exact) mass is 281 g/mol. The van der Waals surface area contributed by atoms with Crippen molar-refractivity contribution in [3.8, 4) is 11.5 Å². The van der Waals surface area contributed by atoms with Crippen LogP contribution in [0.25, 0.3) is 11.0 Å². The van der Waals surface area contributed by atoms with Gasteiger partial charge in [-0.1, -0.05) is 12.1 Å². The Balaban J connectivity index is 1.94. The standard InChI is InChI=1S/C16H15N3O2/c1-20-12-7-11(8-13(9-12)21-2)18-16-10-17-14-5-3-4-6-15(14)19-16/h3-10H,1-2H3,(H,18,19). The number of fused-ring (bicyclic) bond motifs is 1. The van der Waals surface area contributed by atoms with Crippen LogP contribution < -0.4 is 14.8 Å². The average Bonchev–Trinajstić information content (AvgIpc) is 2.54. The first-order valence-corrected chi connectivity index (χ1v) is 6.50. The number of para-hydroxylation sites is 2. The fourth-order valence-corrected chi connectivity index (χ4v) is 2.04. The van der Waals surface area contributed by atoms with Crippen LogP contribution in [0.1, 0.15) is 0 Å². The maximum Gasteiger partial charge on any atom is 0.149 e. The topological polar surface area (TPSA) is 56.3 Å². The number of benzene rings is 2. The zero-order valence-corrected chi connectivity index (χ0v) is 11.8. The summed E-state index contributed by atoms with van der Waals surface area (Å²) in [5.41, 5.74) is 2.54. The second kappa shape index (κ2) is 5.66. The van der Waals surface area contributed by atoms with Gasteiger partial charge in [-0.25, -0.2) is 4.98 Å². The lowest BCUT2D eigenvalue weighted by Gasteiger charge is -2.10. The molecule has 3 aromatic rings. The molecule has 0 atom stereocenters. The van der Waals surface area contributed by atoms with E-state index in [0.717, 1.165) is 16.7 Å². The minimum absolute atomic E-state index is 0.670. The van der Waals surface area contributed by atoms with Crippen LogP contribution in [-0.4, -0.2) is 24.2 Å². The lowest BCUT2D eigenvalue weighted by atomic mass is 10.2. The fourth-order valence-electron chi connectivity index (χ4n) is 2.04. The average molecular weight is 281 g/mol. The van der Waals surface area contributed by atoms with Crippen molar-refractivity contribution in [3.05, 3.63) is 48.7 Å². The zero-order valence-electron chi connectivity index (χ0n) is 11.8. The van der Waals surface area contributed by atoms with E-state index in [1.54, 1.807) is 20.4 Å². The predicted octanol–water partition coefficient (Wildman–Crippen LogP) is 3.39. The van der Waals surface area contributed by atoms with Crippen LogP contribution >= 0.6 is 0 Å². The third kappa shape index (κ3) is 2.86. The normalized spacial score (nSPS) is 10.4. The minimum Gasteiger partial charge on any atom is -0.497 e. The van der Waals surface area contributed by atoms with E-state index in [2.05, 4.69) is 15.3 Å². The van der Waals surface area contributed by atoms with Gasteiger partial charge >= 0.3 is 0 Å². The van der Waals surface area contributed by atoms with Crippen LogP contribution in [0.4, 0.5) is 11.5 Å². The molecular weight excluding hydrogens is 266 g/mol. The van der Waals surface area contributed by atoms with Gasteiger partial charge in [-0.2, -0.15) is 0 Å². The van der Waals surface area contributed by atoms with Crippen molar-refractivity contribution in [1.29, 1.82) is 0 Å². The van der Waals surface area contributed by atoms with Crippen LogP contribution in [0.2, 0.25) is 0 Å². The Bertz CT molecular complexity index is 752. The minimum atomic E-state index is 0.670. The molecule has 106 valence electrons. The molecule has 0 fully saturated rings. The van der Waals surface area contributed by atoms with Crippen LogP contribution in [0, 0.1) is 0 Å². The van der Waals surface area contributed by atoms with Gasteiger partial charge in [-0.05, 0) is 12.1 Å². The molecule has 1 heterocycles.